The molecule has 1 unspecified atom stereocenters. The van der Waals surface area contributed by atoms with Crippen LogP contribution in [0, 0.1) is 13.8 Å². The van der Waals surface area contributed by atoms with Crippen LogP contribution in [-0.4, -0.2) is 26.8 Å². The normalized spacial score (nSPS) is 18.3. The standard InChI is InChI=1S/C24H25N5O2/c1-14-10-17(11-15(2)28-14)12-27-22(30)20-8-7-18(13-26-20)16(3)24(4)19-6-5-9-25-21(19)29-23(24)31/h5-11,13,16H,12H2,1-4H3,(H,27,30)(H,25,29,31)/t16-,24?/m1/s1. The van der Waals surface area contributed by atoms with Crippen LogP contribution in [-0.2, 0) is 16.8 Å². The Morgan fingerprint density at radius 2 is 1.90 bits per heavy atom. The third-order valence-electron chi connectivity index (χ3n) is 6.05. The number of fused-ring (bicyclic) bond motifs is 1. The molecule has 0 saturated heterocycles. The summed E-state index contributed by atoms with van der Waals surface area (Å²) in [5.74, 6) is 0.127. The van der Waals surface area contributed by atoms with Gasteiger partial charge in [0.2, 0.25) is 5.91 Å². The van der Waals surface area contributed by atoms with Gasteiger partial charge in [-0.2, -0.15) is 0 Å². The number of rotatable bonds is 5. The van der Waals surface area contributed by atoms with Crippen LogP contribution in [0.1, 0.15) is 58.3 Å². The third kappa shape index (κ3) is 3.79. The maximum atomic E-state index is 12.8. The number of anilines is 1. The summed E-state index contributed by atoms with van der Waals surface area (Å²) in [7, 11) is 0. The second-order valence-electron chi connectivity index (χ2n) is 8.20. The summed E-state index contributed by atoms with van der Waals surface area (Å²) in [6, 6.07) is 11.2. The first-order valence-electron chi connectivity index (χ1n) is 10.2. The predicted molar refractivity (Wildman–Crippen MR) is 118 cm³/mol. The van der Waals surface area contributed by atoms with Crippen molar-refractivity contribution in [3.05, 3.63) is 82.6 Å². The highest BCUT2D eigenvalue weighted by molar-refractivity contribution is 6.05. The molecule has 0 aliphatic carbocycles. The molecule has 3 aromatic heterocycles. The van der Waals surface area contributed by atoms with Crippen molar-refractivity contribution >= 4 is 17.6 Å². The van der Waals surface area contributed by atoms with Crippen LogP contribution in [0.25, 0.3) is 0 Å². The second-order valence-corrected chi connectivity index (χ2v) is 8.20. The maximum Gasteiger partial charge on any atom is 0.270 e. The van der Waals surface area contributed by atoms with Crippen LogP contribution in [0.2, 0.25) is 0 Å². The van der Waals surface area contributed by atoms with Crippen molar-refractivity contribution in [3.8, 4) is 0 Å². The van der Waals surface area contributed by atoms with Gasteiger partial charge in [-0.05, 0) is 56.2 Å². The van der Waals surface area contributed by atoms with Crippen LogP contribution in [0.4, 0.5) is 5.82 Å². The van der Waals surface area contributed by atoms with Gasteiger partial charge in [0, 0.05) is 41.8 Å². The van der Waals surface area contributed by atoms with Crippen molar-refractivity contribution in [1.29, 1.82) is 0 Å². The van der Waals surface area contributed by atoms with Crippen LogP contribution in [0.15, 0.2) is 48.8 Å². The molecule has 2 atom stereocenters. The van der Waals surface area contributed by atoms with Gasteiger partial charge in [0.05, 0.1) is 5.41 Å². The van der Waals surface area contributed by atoms with Gasteiger partial charge in [-0.3, -0.25) is 19.6 Å². The summed E-state index contributed by atoms with van der Waals surface area (Å²) in [6.07, 6.45) is 3.34. The minimum Gasteiger partial charge on any atom is -0.347 e. The molecule has 2 N–H and O–H groups in total. The number of carbonyl (C=O) groups is 2. The first-order chi connectivity index (χ1) is 14.8. The van der Waals surface area contributed by atoms with Gasteiger partial charge >= 0.3 is 0 Å². The van der Waals surface area contributed by atoms with Crippen LogP contribution < -0.4 is 10.6 Å². The molecular weight excluding hydrogens is 390 g/mol. The zero-order valence-electron chi connectivity index (χ0n) is 18.1. The van der Waals surface area contributed by atoms with E-state index >= 15 is 0 Å². The van der Waals surface area contributed by atoms with Gasteiger partial charge in [-0.1, -0.05) is 19.1 Å². The summed E-state index contributed by atoms with van der Waals surface area (Å²) in [5, 5.41) is 5.77. The monoisotopic (exact) mass is 415 g/mol. The van der Waals surface area contributed by atoms with Crippen LogP contribution in [0.5, 0.6) is 0 Å². The molecule has 0 radical (unpaired) electrons. The fraction of sp³-hybridized carbons (Fsp3) is 0.292. The zero-order chi connectivity index (χ0) is 22.2. The number of amides is 2. The van der Waals surface area contributed by atoms with E-state index in [9.17, 15) is 9.59 Å². The number of aryl methyl sites for hydroxylation is 2. The Labute approximate surface area is 181 Å². The zero-order valence-corrected chi connectivity index (χ0v) is 18.1. The summed E-state index contributed by atoms with van der Waals surface area (Å²) in [6.45, 7) is 8.18. The lowest BCUT2D eigenvalue weighted by atomic mass is 9.71. The van der Waals surface area contributed by atoms with Crippen LogP contribution >= 0.6 is 0 Å². The molecule has 1 aliphatic rings. The second kappa shape index (κ2) is 7.91. The van der Waals surface area contributed by atoms with E-state index in [0.717, 1.165) is 28.1 Å². The molecule has 0 spiro atoms. The smallest absolute Gasteiger partial charge is 0.270 e. The first-order valence-corrected chi connectivity index (χ1v) is 10.2. The summed E-state index contributed by atoms with van der Waals surface area (Å²) < 4.78 is 0. The van der Waals surface area contributed by atoms with Gasteiger partial charge in [0.25, 0.3) is 5.91 Å². The molecule has 0 bridgehead atoms. The fourth-order valence-corrected chi connectivity index (χ4v) is 4.14. The minimum absolute atomic E-state index is 0.0848. The highest BCUT2D eigenvalue weighted by Gasteiger charge is 2.47. The van der Waals surface area contributed by atoms with Crippen molar-refractivity contribution in [2.45, 2.75) is 45.6 Å². The average Bonchev–Trinajstić information content (AvgIpc) is 3.02. The maximum absolute atomic E-state index is 12.8. The lowest BCUT2D eigenvalue weighted by Crippen LogP contribution is -2.36. The largest absolute Gasteiger partial charge is 0.347 e. The van der Waals surface area contributed by atoms with Crippen molar-refractivity contribution in [1.82, 2.24) is 20.3 Å². The van der Waals surface area contributed by atoms with E-state index in [-0.39, 0.29) is 17.7 Å². The van der Waals surface area contributed by atoms with E-state index in [4.69, 9.17) is 0 Å². The van der Waals surface area contributed by atoms with Gasteiger partial charge in [0.15, 0.2) is 0 Å². The topological polar surface area (TPSA) is 96.9 Å². The Hall–Kier alpha value is -3.61. The van der Waals surface area contributed by atoms with Gasteiger partial charge in [0.1, 0.15) is 11.5 Å². The third-order valence-corrected chi connectivity index (χ3v) is 6.05. The first kappa shape index (κ1) is 20.7. The molecular formula is C24H25N5O2. The Bertz CT molecular complexity index is 1140. The molecule has 31 heavy (non-hydrogen) atoms. The number of pyridine rings is 3. The Kier molecular flexibility index (Phi) is 5.27. The molecule has 7 heteroatoms. The SMILES string of the molecule is Cc1cc(CNC(=O)c2ccc([C@@H](C)C3(C)C(=O)Nc4ncccc43)cn2)cc(C)n1. The number of carbonyl (C=O) groups excluding carboxylic acids is 2. The quantitative estimate of drug-likeness (QED) is 0.665. The molecule has 2 amide bonds. The van der Waals surface area contributed by atoms with Crippen molar-refractivity contribution in [2.75, 3.05) is 5.32 Å². The average molecular weight is 415 g/mol. The van der Waals surface area contributed by atoms with E-state index in [1.165, 1.54) is 0 Å². The van der Waals surface area contributed by atoms with E-state index in [1.54, 1.807) is 18.5 Å². The summed E-state index contributed by atoms with van der Waals surface area (Å²) in [5.41, 5.74) is 4.16. The molecule has 0 fully saturated rings. The Morgan fingerprint density at radius 1 is 1.16 bits per heavy atom. The molecule has 7 nitrogen and oxygen atoms in total. The van der Waals surface area contributed by atoms with E-state index in [2.05, 4.69) is 25.6 Å². The number of nitrogens with one attached hydrogen (secondary N) is 2. The number of hydrogen-bond donors (Lipinski definition) is 2. The molecule has 4 rings (SSSR count). The highest BCUT2D eigenvalue weighted by atomic mass is 16.2. The van der Waals surface area contributed by atoms with E-state index < -0.39 is 5.41 Å². The van der Waals surface area contributed by atoms with Gasteiger partial charge in [-0.25, -0.2) is 4.98 Å². The van der Waals surface area contributed by atoms with Gasteiger partial charge in [-0.15, -0.1) is 0 Å². The molecule has 4 heterocycles. The highest BCUT2D eigenvalue weighted by Crippen LogP contribution is 2.45. The van der Waals surface area contributed by atoms with Crippen molar-refractivity contribution < 1.29 is 9.59 Å². The Balaban J connectivity index is 1.49. The molecule has 158 valence electrons. The lowest BCUT2D eigenvalue weighted by Gasteiger charge is -2.29. The van der Waals surface area contributed by atoms with E-state index in [1.807, 2.05) is 58.0 Å². The van der Waals surface area contributed by atoms with Crippen LogP contribution in [0.3, 0.4) is 0 Å². The Morgan fingerprint density at radius 3 is 2.58 bits per heavy atom. The molecule has 1 aliphatic heterocycles. The van der Waals surface area contributed by atoms with Crippen molar-refractivity contribution in [3.63, 3.8) is 0 Å². The summed E-state index contributed by atoms with van der Waals surface area (Å²) >= 11 is 0. The van der Waals surface area contributed by atoms with Crippen molar-refractivity contribution in [2.24, 2.45) is 0 Å². The number of nitrogens with zero attached hydrogens (tertiary/aromatic N) is 3. The number of hydrogen-bond acceptors (Lipinski definition) is 5. The fourth-order valence-electron chi connectivity index (χ4n) is 4.14. The molecule has 0 aromatic carbocycles. The molecule has 3 aromatic rings. The van der Waals surface area contributed by atoms with Gasteiger partial charge < -0.3 is 10.6 Å². The minimum atomic E-state index is -0.758. The number of aromatic nitrogens is 3. The van der Waals surface area contributed by atoms with E-state index in [0.29, 0.717) is 18.1 Å². The summed E-state index contributed by atoms with van der Waals surface area (Å²) in [4.78, 5) is 38.3. The predicted octanol–water partition coefficient (Wildman–Crippen LogP) is 3.43. The lowest BCUT2D eigenvalue weighted by molar-refractivity contribution is -0.120. The molecule has 0 saturated carbocycles.